The molecule has 0 radical (unpaired) electrons. The number of aryl methyl sites for hydroxylation is 1. The van der Waals surface area contributed by atoms with Crippen LogP contribution in [0, 0.1) is 6.92 Å². The van der Waals surface area contributed by atoms with E-state index in [0.717, 1.165) is 10.9 Å². The molecule has 1 N–H and O–H groups in total. The van der Waals surface area contributed by atoms with Crippen molar-refractivity contribution in [2.75, 3.05) is 0 Å². The Morgan fingerprint density at radius 2 is 2.12 bits per heavy atom. The molecule has 84 valence electrons. The first kappa shape index (κ1) is 10.7. The van der Waals surface area contributed by atoms with Gasteiger partial charge < -0.3 is 14.3 Å². The molecule has 1 atom stereocenters. The molecular formula is C12H12O4. The summed E-state index contributed by atoms with van der Waals surface area (Å²) in [5.41, 5.74) is 1.36. The fourth-order valence-electron chi connectivity index (χ4n) is 1.58. The minimum atomic E-state index is -1.14. The Balaban J connectivity index is 2.45. The quantitative estimate of drug-likeness (QED) is 0.622. The maximum absolute atomic E-state index is 11.6. The highest BCUT2D eigenvalue weighted by atomic mass is 16.6. The molecule has 0 bridgehead atoms. The third kappa shape index (κ3) is 1.79. The topological polar surface area (TPSA) is 59.7 Å². The summed E-state index contributed by atoms with van der Waals surface area (Å²) in [5.74, 6) is -0.509. The largest absolute Gasteiger partial charge is 0.449 e. The van der Waals surface area contributed by atoms with Gasteiger partial charge >= 0.3 is 5.97 Å². The second-order valence-electron chi connectivity index (χ2n) is 3.56. The van der Waals surface area contributed by atoms with Crippen molar-refractivity contribution in [3.05, 3.63) is 35.6 Å². The van der Waals surface area contributed by atoms with Crippen molar-refractivity contribution >= 4 is 16.9 Å². The van der Waals surface area contributed by atoms with Gasteiger partial charge in [-0.3, -0.25) is 0 Å². The van der Waals surface area contributed by atoms with Gasteiger partial charge in [0, 0.05) is 10.9 Å². The van der Waals surface area contributed by atoms with Crippen molar-refractivity contribution in [3.8, 4) is 0 Å². The maximum Gasteiger partial charge on any atom is 0.376 e. The van der Waals surface area contributed by atoms with Crippen molar-refractivity contribution < 1.29 is 19.1 Å². The first-order valence-corrected chi connectivity index (χ1v) is 4.97. The van der Waals surface area contributed by atoms with Crippen molar-refractivity contribution in [2.45, 2.75) is 20.1 Å². The second kappa shape index (κ2) is 3.98. The molecule has 4 heteroatoms. The lowest BCUT2D eigenvalue weighted by Gasteiger charge is -2.04. The van der Waals surface area contributed by atoms with Crippen LogP contribution in [0.1, 0.15) is 23.0 Å². The lowest BCUT2D eigenvalue weighted by Crippen LogP contribution is -2.14. The van der Waals surface area contributed by atoms with E-state index in [1.807, 2.05) is 18.2 Å². The first-order valence-electron chi connectivity index (χ1n) is 4.97. The Bertz CT molecular complexity index is 525. The zero-order valence-corrected chi connectivity index (χ0v) is 9.06. The fraction of sp³-hybridized carbons (Fsp3) is 0.250. The third-order valence-electron chi connectivity index (χ3n) is 2.31. The summed E-state index contributed by atoms with van der Waals surface area (Å²) in [4.78, 5) is 11.6. The summed E-state index contributed by atoms with van der Waals surface area (Å²) < 4.78 is 10.0. The maximum atomic E-state index is 11.6. The number of ether oxygens (including phenoxy) is 1. The van der Waals surface area contributed by atoms with E-state index in [1.54, 1.807) is 13.0 Å². The number of benzene rings is 1. The highest BCUT2D eigenvalue weighted by Crippen LogP contribution is 2.25. The second-order valence-corrected chi connectivity index (χ2v) is 3.56. The van der Waals surface area contributed by atoms with Crippen LogP contribution >= 0.6 is 0 Å². The summed E-state index contributed by atoms with van der Waals surface area (Å²) in [7, 11) is 0. The number of carbonyl (C=O) groups is 1. The molecule has 0 amide bonds. The van der Waals surface area contributed by atoms with Crippen molar-refractivity contribution in [2.24, 2.45) is 0 Å². The normalized spacial score (nSPS) is 12.7. The molecule has 2 aromatic rings. The number of aliphatic hydroxyl groups excluding tert-OH is 1. The Morgan fingerprint density at radius 1 is 1.44 bits per heavy atom. The molecule has 0 spiro atoms. The van der Waals surface area contributed by atoms with Crippen molar-refractivity contribution in [3.63, 3.8) is 0 Å². The van der Waals surface area contributed by atoms with Gasteiger partial charge in [0.15, 0.2) is 6.29 Å². The van der Waals surface area contributed by atoms with E-state index in [-0.39, 0.29) is 5.76 Å². The predicted molar refractivity (Wildman–Crippen MR) is 58.0 cm³/mol. The van der Waals surface area contributed by atoms with E-state index >= 15 is 0 Å². The Morgan fingerprint density at radius 3 is 2.75 bits per heavy atom. The van der Waals surface area contributed by atoms with Gasteiger partial charge in [0.1, 0.15) is 5.58 Å². The summed E-state index contributed by atoms with van der Waals surface area (Å²) in [5, 5.41) is 9.84. The number of hydrogen-bond donors (Lipinski definition) is 1. The van der Waals surface area contributed by atoms with Gasteiger partial charge in [-0.15, -0.1) is 0 Å². The molecule has 0 saturated heterocycles. The molecule has 0 aliphatic carbocycles. The van der Waals surface area contributed by atoms with Crippen LogP contribution in [0.4, 0.5) is 0 Å². The Kier molecular flexibility index (Phi) is 2.66. The molecule has 0 aliphatic heterocycles. The number of hydrogen-bond acceptors (Lipinski definition) is 4. The van der Waals surface area contributed by atoms with Crippen LogP contribution in [0.2, 0.25) is 0 Å². The van der Waals surface area contributed by atoms with Gasteiger partial charge in [-0.05, 0) is 19.9 Å². The number of para-hydroxylation sites is 1. The van der Waals surface area contributed by atoms with Crippen molar-refractivity contribution in [1.29, 1.82) is 0 Å². The van der Waals surface area contributed by atoms with Crippen LogP contribution in [0.15, 0.2) is 28.7 Å². The number of furan rings is 1. The number of rotatable bonds is 2. The van der Waals surface area contributed by atoms with E-state index in [2.05, 4.69) is 4.74 Å². The van der Waals surface area contributed by atoms with Crippen LogP contribution in [-0.2, 0) is 4.74 Å². The number of carbonyl (C=O) groups excluding carboxylic acids is 1. The summed E-state index contributed by atoms with van der Waals surface area (Å²) in [6.45, 7) is 3.15. The summed E-state index contributed by atoms with van der Waals surface area (Å²) in [6.07, 6.45) is -1.14. The summed E-state index contributed by atoms with van der Waals surface area (Å²) >= 11 is 0. The molecule has 0 aliphatic rings. The van der Waals surface area contributed by atoms with Gasteiger partial charge in [0.2, 0.25) is 5.76 Å². The number of esters is 1. The minimum Gasteiger partial charge on any atom is -0.449 e. The van der Waals surface area contributed by atoms with Gasteiger partial charge in [-0.2, -0.15) is 0 Å². The monoisotopic (exact) mass is 220 g/mol. The average molecular weight is 220 g/mol. The lowest BCUT2D eigenvalue weighted by molar-refractivity contribution is -0.0543. The van der Waals surface area contributed by atoms with Gasteiger partial charge in [-0.25, -0.2) is 4.79 Å². The fourth-order valence-corrected chi connectivity index (χ4v) is 1.58. The zero-order chi connectivity index (χ0) is 11.7. The number of aliphatic hydroxyl groups is 1. The number of fused-ring (bicyclic) bond motifs is 1. The van der Waals surface area contributed by atoms with E-state index in [4.69, 9.17) is 9.52 Å². The molecule has 0 fully saturated rings. The predicted octanol–water partition coefficient (Wildman–Crippen LogP) is 2.24. The smallest absolute Gasteiger partial charge is 0.376 e. The van der Waals surface area contributed by atoms with Crippen LogP contribution in [0.5, 0.6) is 0 Å². The van der Waals surface area contributed by atoms with Gasteiger partial charge in [0.25, 0.3) is 0 Å². The molecule has 16 heavy (non-hydrogen) atoms. The first-order chi connectivity index (χ1) is 7.59. The van der Waals surface area contributed by atoms with E-state index < -0.39 is 12.3 Å². The molecule has 1 unspecified atom stereocenters. The minimum absolute atomic E-state index is 0.141. The van der Waals surface area contributed by atoms with Crippen LogP contribution in [-0.4, -0.2) is 17.4 Å². The van der Waals surface area contributed by atoms with E-state index in [9.17, 15) is 4.79 Å². The molecule has 2 rings (SSSR count). The molecule has 1 aromatic carbocycles. The molecule has 4 nitrogen and oxygen atoms in total. The van der Waals surface area contributed by atoms with E-state index in [1.165, 1.54) is 6.92 Å². The summed E-state index contributed by atoms with van der Waals surface area (Å²) in [6, 6.07) is 7.35. The van der Waals surface area contributed by atoms with E-state index in [0.29, 0.717) is 5.58 Å². The molecule has 0 saturated carbocycles. The Labute approximate surface area is 92.4 Å². The molecule has 1 aromatic heterocycles. The van der Waals surface area contributed by atoms with Gasteiger partial charge in [-0.1, -0.05) is 18.2 Å². The highest BCUT2D eigenvalue weighted by molar-refractivity contribution is 5.95. The average Bonchev–Trinajstić information content (AvgIpc) is 2.56. The highest BCUT2D eigenvalue weighted by Gasteiger charge is 2.19. The SMILES string of the molecule is Cc1c(C(=O)OC(C)O)oc2ccccc12. The van der Waals surface area contributed by atoms with Gasteiger partial charge in [0.05, 0.1) is 0 Å². The standard InChI is InChI=1S/C12H12O4/c1-7-9-5-3-4-6-10(9)16-11(7)12(14)15-8(2)13/h3-6,8,13H,1-2H3. The third-order valence-corrected chi connectivity index (χ3v) is 2.31. The molecular weight excluding hydrogens is 208 g/mol. The lowest BCUT2D eigenvalue weighted by atomic mass is 10.1. The zero-order valence-electron chi connectivity index (χ0n) is 9.06. The van der Waals surface area contributed by atoms with Crippen LogP contribution in [0.3, 0.4) is 0 Å². The van der Waals surface area contributed by atoms with Crippen LogP contribution in [0.25, 0.3) is 11.0 Å². The van der Waals surface area contributed by atoms with Crippen molar-refractivity contribution in [1.82, 2.24) is 0 Å². The van der Waals surface area contributed by atoms with Crippen LogP contribution < -0.4 is 0 Å². The molecule has 1 heterocycles. The Hall–Kier alpha value is -1.81.